The molecule has 1 aromatic heterocycles. The number of hydrogen-bond acceptors (Lipinski definition) is 6. The molecule has 0 unspecified atom stereocenters. The number of nitrogens with one attached hydrogen (secondary N) is 1. The van der Waals surface area contributed by atoms with E-state index in [0.717, 1.165) is 32.7 Å². The highest BCUT2D eigenvalue weighted by molar-refractivity contribution is 5.82. The van der Waals surface area contributed by atoms with E-state index in [9.17, 15) is 4.79 Å². The Morgan fingerprint density at radius 3 is 2.36 bits per heavy atom. The summed E-state index contributed by atoms with van der Waals surface area (Å²) in [6, 6.07) is 13.9. The molecule has 1 aliphatic rings. The first-order valence-electron chi connectivity index (χ1n) is 9.35. The van der Waals surface area contributed by atoms with Gasteiger partial charge in [0.1, 0.15) is 0 Å². The first-order valence-corrected chi connectivity index (χ1v) is 9.35. The minimum Gasteiger partial charge on any atom is -0.493 e. The summed E-state index contributed by atoms with van der Waals surface area (Å²) < 4.78 is 10.6. The molecule has 1 fully saturated rings. The number of anilines is 1. The van der Waals surface area contributed by atoms with Crippen LogP contribution in [0.25, 0.3) is 10.9 Å². The minimum atomic E-state index is -0.173. The summed E-state index contributed by atoms with van der Waals surface area (Å²) in [6.07, 6.45) is 0. The summed E-state index contributed by atoms with van der Waals surface area (Å²) in [4.78, 5) is 24.7. The smallest absolute Gasteiger partial charge is 0.260 e. The lowest BCUT2D eigenvalue weighted by molar-refractivity contribution is 0.248. The third kappa shape index (κ3) is 3.66. The summed E-state index contributed by atoms with van der Waals surface area (Å²) in [5.41, 5.74) is 1.74. The summed E-state index contributed by atoms with van der Waals surface area (Å²) in [7, 11) is 3.12. The molecule has 1 aliphatic heterocycles. The standard InChI is InChI=1S/C21H24N4O3/c1-27-18-12-16-17(13-19(18)28-2)22-21(23-20(16)26)25-10-8-24(9-11-25)14-15-6-4-3-5-7-15/h3-7,12-13H,8-11,14H2,1-2H3,(H,22,23,26). The minimum absolute atomic E-state index is 0.173. The van der Waals surface area contributed by atoms with E-state index in [2.05, 4.69) is 44.0 Å². The Hall–Kier alpha value is -3.06. The Balaban J connectivity index is 1.52. The predicted octanol–water partition coefficient (Wildman–Crippen LogP) is 2.26. The second-order valence-corrected chi connectivity index (χ2v) is 6.86. The van der Waals surface area contributed by atoms with Gasteiger partial charge in [0.25, 0.3) is 5.56 Å². The molecule has 28 heavy (non-hydrogen) atoms. The number of aromatic nitrogens is 2. The van der Waals surface area contributed by atoms with Crippen molar-refractivity contribution in [3.8, 4) is 11.5 Å². The molecule has 2 aromatic carbocycles. The molecule has 0 atom stereocenters. The number of aromatic amines is 1. The van der Waals surface area contributed by atoms with Crippen molar-refractivity contribution in [1.29, 1.82) is 0 Å². The number of methoxy groups -OCH3 is 2. The number of nitrogens with zero attached hydrogens (tertiary/aromatic N) is 3. The molecule has 4 rings (SSSR count). The number of fused-ring (bicyclic) bond motifs is 1. The van der Waals surface area contributed by atoms with Crippen molar-refractivity contribution in [2.24, 2.45) is 0 Å². The van der Waals surface area contributed by atoms with Crippen LogP contribution in [0, 0.1) is 0 Å². The third-order valence-electron chi connectivity index (χ3n) is 5.12. The Morgan fingerprint density at radius 1 is 1.00 bits per heavy atom. The van der Waals surface area contributed by atoms with Crippen molar-refractivity contribution in [2.45, 2.75) is 6.54 Å². The SMILES string of the molecule is COc1cc2nc(N3CCN(Cc4ccccc4)CC3)[nH]c(=O)c2cc1OC. The molecular weight excluding hydrogens is 356 g/mol. The lowest BCUT2D eigenvalue weighted by Gasteiger charge is -2.35. The maximum absolute atomic E-state index is 12.6. The molecule has 0 aliphatic carbocycles. The zero-order valence-corrected chi connectivity index (χ0v) is 16.1. The van der Waals surface area contributed by atoms with E-state index in [0.29, 0.717) is 28.4 Å². The van der Waals surface area contributed by atoms with Crippen LogP contribution in [0.15, 0.2) is 47.3 Å². The highest BCUT2D eigenvalue weighted by atomic mass is 16.5. The van der Waals surface area contributed by atoms with E-state index in [1.807, 2.05) is 6.07 Å². The van der Waals surface area contributed by atoms with Gasteiger partial charge in [-0.05, 0) is 11.6 Å². The second kappa shape index (κ2) is 7.90. The van der Waals surface area contributed by atoms with Gasteiger partial charge in [0.15, 0.2) is 11.5 Å². The molecule has 146 valence electrons. The zero-order valence-electron chi connectivity index (χ0n) is 16.1. The summed E-state index contributed by atoms with van der Waals surface area (Å²) in [6.45, 7) is 4.40. The van der Waals surface area contributed by atoms with Crippen LogP contribution < -0.4 is 19.9 Å². The lowest BCUT2D eigenvalue weighted by atomic mass is 10.2. The summed E-state index contributed by atoms with van der Waals surface area (Å²) in [5, 5.41) is 0.490. The van der Waals surface area contributed by atoms with Crippen LogP contribution in [0.1, 0.15) is 5.56 Å². The molecule has 0 radical (unpaired) electrons. The quantitative estimate of drug-likeness (QED) is 0.732. The van der Waals surface area contributed by atoms with E-state index in [1.54, 1.807) is 26.4 Å². The van der Waals surface area contributed by atoms with Crippen molar-refractivity contribution in [3.63, 3.8) is 0 Å². The molecule has 0 spiro atoms. The van der Waals surface area contributed by atoms with E-state index < -0.39 is 0 Å². The van der Waals surface area contributed by atoms with Gasteiger partial charge in [-0.1, -0.05) is 30.3 Å². The molecule has 0 bridgehead atoms. The first kappa shape index (κ1) is 18.3. The van der Waals surface area contributed by atoms with Crippen LogP contribution in [0.5, 0.6) is 11.5 Å². The van der Waals surface area contributed by atoms with Crippen LogP contribution in [0.3, 0.4) is 0 Å². The molecular formula is C21H24N4O3. The largest absolute Gasteiger partial charge is 0.493 e. The predicted molar refractivity (Wildman–Crippen MR) is 109 cm³/mol. The molecule has 0 amide bonds. The number of rotatable bonds is 5. The fourth-order valence-corrected chi connectivity index (χ4v) is 3.56. The van der Waals surface area contributed by atoms with E-state index in [1.165, 1.54) is 5.56 Å². The Bertz CT molecular complexity index is 1010. The second-order valence-electron chi connectivity index (χ2n) is 6.86. The van der Waals surface area contributed by atoms with E-state index in [-0.39, 0.29) is 5.56 Å². The van der Waals surface area contributed by atoms with Gasteiger partial charge >= 0.3 is 0 Å². The summed E-state index contributed by atoms with van der Waals surface area (Å²) >= 11 is 0. The molecule has 1 saturated heterocycles. The van der Waals surface area contributed by atoms with Gasteiger partial charge in [-0.15, -0.1) is 0 Å². The summed E-state index contributed by atoms with van der Waals surface area (Å²) in [5.74, 6) is 1.68. The van der Waals surface area contributed by atoms with Crippen LogP contribution in [-0.2, 0) is 6.54 Å². The monoisotopic (exact) mass is 380 g/mol. The van der Waals surface area contributed by atoms with Crippen molar-refractivity contribution in [2.75, 3.05) is 45.3 Å². The van der Waals surface area contributed by atoms with Gasteiger partial charge < -0.3 is 14.4 Å². The van der Waals surface area contributed by atoms with Crippen LogP contribution in [0.2, 0.25) is 0 Å². The maximum Gasteiger partial charge on any atom is 0.260 e. The van der Waals surface area contributed by atoms with Gasteiger partial charge in [-0.3, -0.25) is 14.7 Å². The molecule has 3 aromatic rings. The highest BCUT2D eigenvalue weighted by Gasteiger charge is 2.20. The Labute approximate surface area is 163 Å². The van der Waals surface area contributed by atoms with Gasteiger partial charge in [-0.2, -0.15) is 0 Å². The van der Waals surface area contributed by atoms with Crippen LogP contribution >= 0.6 is 0 Å². The van der Waals surface area contributed by atoms with Crippen LogP contribution in [-0.4, -0.2) is 55.3 Å². The topological polar surface area (TPSA) is 70.7 Å². The molecule has 7 heteroatoms. The zero-order chi connectivity index (χ0) is 19.5. The first-order chi connectivity index (χ1) is 13.7. The molecule has 1 N–H and O–H groups in total. The number of piperazine rings is 1. The average Bonchev–Trinajstić information content (AvgIpc) is 2.74. The van der Waals surface area contributed by atoms with E-state index in [4.69, 9.17) is 9.47 Å². The van der Waals surface area contributed by atoms with Gasteiger partial charge in [0, 0.05) is 38.8 Å². The van der Waals surface area contributed by atoms with Gasteiger partial charge in [-0.25, -0.2) is 4.98 Å². The van der Waals surface area contributed by atoms with Gasteiger partial charge in [0.2, 0.25) is 5.95 Å². The maximum atomic E-state index is 12.6. The Kier molecular flexibility index (Phi) is 5.16. The van der Waals surface area contributed by atoms with Crippen LogP contribution in [0.4, 0.5) is 5.95 Å². The van der Waals surface area contributed by atoms with Crippen molar-refractivity contribution < 1.29 is 9.47 Å². The number of H-pyrrole nitrogens is 1. The van der Waals surface area contributed by atoms with Crippen molar-refractivity contribution in [1.82, 2.24) is 14.9 Å². The molecule has 7 nitrogen and oxygen atoms in total. The van der Waals surface area contributed by atoms with E-state index >= 15 is 0 Å². The number of benzene rings is 2. The molecule has 2 heterocycles. The lowest BCUT2D eigenvalue weighted by Crippen LogP contribution is -2.46. The van der Waals surface area contributed by atoms with Gasteiger partial charge in [0.05, 0.1) is 25.1 Å². The number of ether oxygens (including phenoxy) is 2. The fraction of sp³-hybridized carbons (Fsp3) is 0.333. The molecule has 0 saturated carbocycles. The fourth-order valence-electron chi connectivity index (χ4n) is 3.56. The van der Waals surface area contributed by atoms with Crippen molar-refractivity contribution in [3.05, 3.63) is 58.4 Å². The number of hydrogen-bond donors (Lipinski definition) is 1. The normalized spacial score (nSPS) is 15.0. The average molecular weight is 380 g/mol. The Morgan fingerprint density at radius 2 is 1.68 bits per heavy atom. The third-order valence-corrected chi connectivity index (χ3v) is 5.12. The highest BCUT2D eigenvalue weighted by Crippen LogP contribution is 2.30. The van der Waals surface area contributed by atoms with Crippen molar-refractivity contribution >= 4 is 16.9 Å².